The molecule has 0 unspecified atom stereocenters. The number of anilines is 3. The Bertz CT molecular complexity index is 1370. The van der Waals surface area contributed by atoms with E-state index in [0.29, 0.717) is 44.8 Å². The van der Waals surface area contributed by atoms with Gasteiger partial charge in [-0.3, -0.25) is 4.57 Å². The van der Waals surface area contributed by atoms with Crippen LogP contribution in [0.25, 0.3) is 18.5 Å². The molecular weight excluding hydrogens is 450 g/mol. The third-order valence-corrected chi connectivity index (χ3v) is 5.75. The summed E-state index contributed by atoms with van der Waals surface area (Å²) in [5, 5.41) is 11.0. The number of nitrogens with zero attached hydrogens (tertiary/aromatic N) is 3. The van der Waals surface area contributed by atoms with E-state index >= 15 is 0 Å². The zero-order chi connectivity index (χ0) is 24.2. The number of nitrogens with one attached hydrogen (secondary N) is 3. The van der Waals surface area contributed by atoms with E-state index in [9.17, 15) is 4.79 Å². The summed E-state index contributed by atoms with van der Waals surface area (Å²) >= 11 is 6.30. The molecule has 1 aliphatic heterocycles. The first-order chi connectivity index (χ1) is 16.3. The van der Waals surface area contributed by atoms with Gasteiger partial charge in [-0.1, -0.05) is 50.2 Å². The van der Waals surface area contributed by atoms with Crippen LogP contribution in [0.1, 0.15) is 25.8 Å². The summed E-state index contributed by atoms with van der Waals surface area (Å²) in [5.74, 6) is 0.825. The van der Waals surface area contributed by atoms with Gasteiger partial charge >= 0.3 is 5.69 Å². The maximum absolute atomic E-state index is 12.8. The first-order valence-corrected chi connectivity index (χ1v) is 11.5. The maximum atomic E-state index is 12.8. The van der Waals surface area contributed by atoms with Crippen molar-refractivity contribution in [1.82, 2.24) is 14.9 Å². The minimum absolute atomic E-state index is 0.336. The molecule has 0 saturated heterocycles. The second-order valence-corrected chi connectivity index (χ2v) is 8.79. The Labute approximate surface area is 202 Å². The van der Waals surface area contributed by atoms with Crippen molar-refractivity contribution in [2.24, 2.45) is 4.99 Å². The number of rotatable bonds is 7. The molecule has 0 fully saturated rings. The predicted molar refractivity (Wildman–Crippen MR) is 141 cm³/mol. The number of nitrogen functional groups attached to an aromatic ring is 1. The van der Waals surface area contributed by atoms with Gasteiger partial charge in [0.05, 0.1) is 27.0 Å². The average molecular weight is 478 g/mol. The van der Waals surface area contributed by atoms with Crippen LogP contribution in [0, 0.1) is 0 Å². The molecule has 8 nitrogen and oxygen atoms in total. The number of hydrogen-bond donors (Lipinski definition) is 4. The van der Waals surface area contributed by atoms with Crippen molar-refractivity contribution in [3.63, 3.8) is 0 Å². The second-order valence-electron chi connectivity index (χ2n) is 8.38. The molecule has 1 aromatic heterocycles. The van der Waals surface area contributed by atoms with Crippen molar-refractivity contribution in [1.29, 1.82) is 0 Å². The van der Waals surface area contributed by atoms with Gasteiger partial charge in [-0.2, -0.15) is 4.98 Å². The number of nitrogens with two attached hydrogens (primary N) is 1. The molecule has 3 aromatic rings. The number of para-hydroxylation sites is 1. The molecule has 2 heterocycles. The van der Waals surface area contributed by atoms with Gasteiger partial charge < -0.3 is 21.7 Å². The highest BCUT2D eigenvalue weighted by Gasteiger charge is 2.16. The normalized spacial score (nSPS) is 12.5. The third-order valence-electron chi connectivity index (χ3n) is 5.45. The molecule has 0 saturated carbocycles. The van der Waals surface area contributed by atoms with Crippen LogP contribution in [0.2, 0.25) is 5.02 Å². The Kier molecular flexibility index (Phi) is 7.00. The number of hydrogen-bond acceptors (Lipinski definition) is 7. The summed E-state index contributed by atoms with van der Waals surface area (Å²) in [7, 11) is 0. The highest BCUT2D eigenvalue weighted by molar-refractivity contribution is 6.33. The van der Waals surface area contributed by atoms with Crippen LogP contribution in [0.4, 0.5) is 17.2 Å². The Balaban J connectivity index is 1.53. The number of benzene rings is 2. The highest BCUT2D eigenvalue weighted by atomic mass is 35.5. The Morgan fingerprint density at radius 2 is 1.97 bits per heavy atom. The van der Waals surface area contributed by atoms with Gasteiger partial charge in [-0.25, -0.2) is 9.79 Å². The molecule has 5 N–H and O–H groups in total. The van der Waals surface area contributed by atoms with Crippen LogP contribution in [0.15, 0.2) is 52.3 Å². The van der Waals surface area contributed by atoms with Gasteiger partial charge in [0.15, 0.2) is 0 Å². The number of aliphatic imine (C=N–C) groups is 1. The average Bonchev–Trinajstić information content (AvgIpc) is 2.79. The lowest BCUT2D eigenvalue weighted by Gasteiger charge is -2.17. The molecule has 9 heteroatoms. The van der Waals surface area contributed by atoms with Crippen molar-refractivity contribution in [3.8, 4) is 5.69 Å². The number of aromatic nitrogens is 2. The van der Waals surface area contributed by atoms with Crippen LogP contribution in [0.5, 0.6) is 0 Å². The molecular formula is C25H28ClN7O. The zero-order valence-electron chi connectivity index (χ0n) is 19.2. The lowest BCUT2D eigenvalue weighted by molar-refractivity contribution is 0.570. The van der Waals surface area contributed by atoms with E-state index in [4.69, 9.17) is 17.3 Å². The molecule has 0 aliphatic carbocycles. The van der Waals surface area contributed by atoms with Gasteiger partial charge in [0.2, 0.25) is 5.96 Å². The van der Waals surface area contributed by atoms with Crippen molar-refractivity contribution < 1.29 is 0 Å². The fourth-order valence-electron chi connectivity index (χ4n) is 3.72. The van der Waals surface area contributed by atoms with Gasteiger partial charge in [-0.15, -0.1) is 0 Å². The van der Waals surface area contributed by atoms with Crippen molar-refractivity contribution >= 4 is 47.5 Å². The lowest BCUT2D eigenvalue weighted by Crippen LogP contribution is -2.47. The van der Waals surface area contributed by atoms with E-state index in [1.165, 1.54) is 10.1 Å². The van der Waals surface area contributed by atoms with Gasteiger partial charge in [0.25, 0.3) is 0 Å². The fraction of sp³-hybridized carbons (Fsp3) is 0.240. The number of fused-ring (bicyclic) bond motifs is 1. The molecule has 0 amide bonds. The Hall–Kier alpha value is -3.62. The summed E-state index contributed by atoms with van der Waals surface area (Å²) < 4.78 is 1.30. The number of halogens is 1. The Morgan fingerprint density at radius 1 is 1.21 bits per heavy atom. The van der Waals surface area contributed by atoms with Crippen molar-refractivity contribution in [2.45, 2.75) is 32.7 Å². The zero-order valence-corrected chi connectivity index (χ0v) is 20.0. The summed E-state index contributed by atoms with van der Waals surface area (Å²) in [6, 6.07) is 13.7. The van der Waals surface area contributed by atoms with Crippen LogP contribution in [0.3, 0.4) is 0 Å². The molecule has 0 radical (unpaired) electrons. The van der Waals surface area contributed by atoms with Crippen molar-refractivity contribution in [2.75, 3.05) is 22.9 Å². The topological polar surface area (TPSA) is 109 Å². The number of guanidine groups is 1. The molecule has 0 atom stereocenters. The molecule has 0 bridgehead atoms. The summed E-state index contributed by atoms with van der Waals surface area (Å²) in [6.45, 7) is 9.35. The van der Waals surface area contributed by atoms with E-state index in [2.05, 4.69) is 58.5 Å². The SMILES string of the molecule is C=c1c2c(nc(=O)n1-c1c(N)cccc1Cl)NC(Nc1ccc(CCCNC(C)C)cc1)=NC=2. The molecule has 0 spiro atoms. The molecule has 1 aliphatic rings. The number of aryl methyl sites for hydroxylation is 1. The van der Waals surface area contributed by atoms with Crippen LogP contribution < -0.4 is 37.9 Å². The first kappa shape index (κ1) is 23.5. The second kappa shape index (κ2) is 10.1. The predicted octanol–water partition coefficient (Wildman–Crippen LogP) is 2.44. The van der Waals surface area contributed by atoms with Crippen LogP contribution >= 0.6 is 11.6 Å². The smallest absolute Gasteiger partial charge is 0.354 e. The monoisotopic (exact) mass is 477 g/mol. The summed E-state index contributed by atoms with van der Waals surface area (Å²) in [6.07, 6.45) is 3.71. The summed E-state index contributed by atoms with van der Waals surface area (Å²) in [5.41, 5.74) is 8.39. The molecule has 34 heavy (non-hydrogen) atoms. The van der Waals surface area contributed by atoms with E-state index in [1.807, 2.05) is 12.1 Å². The van der Waals surface area contributed by atoms with Crippen LogP contribution in [-0.4, -0.2) is 28.1 Å². The molecule has 4 rings (SSSR count). The minimum atomic E-state index is -0.540. The van der Waals surface area contributed by atoms with Gasteiger partial charge in [0, 0.05) is 17.9 Å². The van der Waals surface area contributed by atoms with E-state index < -0.39 is 5.69 Å². The largest absolute Gasteiger partial charge is 0.397 e. The highest BCUT2D eigenvalue weighted by Crippen LogP contribution is 2.23. The standard InChI is InChI=1S/C25H28ClN7O/c1-15(2)28-13-5-6-17-9-11-18(12-10-17)30-24-29-14-19-16(3)33(25(34)32-23(19)31-24)22-20(26)7-4-8-21(22)27/h4,7-12,14-15,28H,3,5-6,13,27H2,1-2H3,(H2,29,30,31,32,34). The van der Waals surface area contributed by atoms with Gasteiger partial charge in [-0.05, 0) is 49.2 Å². The Morgan fingerprint density at radius 3 is 2.68 bits per heavy atom. The quantitative estimate of drug-likeness (QED) is 0.307. The minimum Gasteiger partial charge on any atom is -0.397 e. The lowest BCUT2D eigenvalue weighted by atomic mass is 10.1. The van der Waals surface area contributed by atoms with E-state index in [0.717, 1.165) is 25.1 Å². The van der Waals surface area contributed by atoms with Crippen molar-refractivity contribution in [3.05, 3.63) is 74.1 Å². The first-order valence-electron chi connectivity index (χ1n) is 11.1. The maximum Gasteiger partial charge on any atom is 0.354 e. The van der Waals surface area contributed by atoms with Gasteiger partial charge in [0.1, 0.15) is 5.82 Å². The van der Waals surface area contributed by atoms with E-state index in [1.54, 1.807) is 24.4 Å². The van der Waals surface area contributed by atoms with E-state index in [-0.39, 0.29) is 0 Å². The third kappa shape index (κ3) is 5.13. The molecule has 2 aromatic carbocycles. The fourth-order valence-corrected chi connectivity index (χ4v) is 3.99. The van der Waals surface area contributed by atoms with Crippen LogP contribution in [-0.2, 0) is 6.42 Å². The molecule has 176 valence electrons. The summed E-state index contributed by atoms with van der Waals surface area (Å²) in [4.78, 5) is 21.5.